The summed E-state index contributed by atoms with van der Waals surface area (Å²) in [5.41, 5.74) is 0. The van der Waals surface area contributed by atoms with Crippen molar-refractivity contribution in [1.82, 2.24) is 10.2 Å². The maximum absolute atomic E-state index is 12.6. The average Bonchev–Trinajstić information content (AvgIpc) is 2.41. The lowest BCUT2D eigenvalue weighted by Gasteiger charge is -2.30. The van der Waals surface area contributed by atoms with Crippen LogP contribution in [0.5, 0.6) is 0 Å². The summed E-state index contributed by atoms with van der Waals surface area (Å²) in [5.74, 6) is -0.446. The van der Waals surface area contributed by atoms with Crippen molar-refractivity contribution in [3.63, 3.8) is 0 Å². The van der Waals surface area contributed by atoms with E-state index in [0.29, 0.717) is 32.6 Å². The molecule has 7 heteroatoms. The molecule has 1 unspecified atom stereocenters. The molecule has 118 valence electrons. The minimum Gasteiger partial charge on any atom is -0.382 e. The van der Waals surface area contributed by atoms with Gasteiger partial charge >= 0.3 is 6.18 Å². The van der Waals surface area contributed by atoms with Crippen LogP contribution in [0.3, 0.4) is 0 Å². The van der Waals surface area contributed by atoms with Gasteiger partial charge in [-0.25, -0.2) is 0 Å². The Labute approximate surface area is 117 Å². The third-order valence-corrected chi connectivity index (χ3v) is 3.21. The predicted molar refractivity (Wildman–Crippen MR) is 69.4 cm³/mol. The third-order valence-electron chi connectivity index (χ3n) is 3.21. The number of amides is 1. The molecule has 0 saturated carbocycles. The highest BCUT2D eigenvalue weighted by Crippen LogP contribution is 2.19. The molecule has 1 rings (SSSR count). The van der Waals surface area contributed by atoms with Crippen LogP contribution in [0.4, 0.5) is 13.2 Å². The highest BCUT2D eigenvalue weighted by atomic mass is 19.4. The van der Waals surface area contributed by atoms with E-state index in [4.69, 9.17) is 4.74 Å². The normalized spacial score (nSPS) is 19.9. The lowest BCUT2D eigenvalue weighted by atomic mass is 10.0. The average molecular weight is 296 g/mol. The second-order valence-electron chi connectivity index (χ2n) is 4.93. The first-order chi connectivity index (χ1) is 9.44. The summed E-state index contributed by atoms with van der Waals surface area (Å²) < 4.78 is 42.8. The van der Waals surface area contributed by atoms with E-state index in [0.717, 1.165) is 17.7 Å². The SMILES string of the molecule is CCOCCCN(CC(F)(F)F)C(=O)C1CCCCN1. The molecule has 20 heavy (non-hydrogen) atoms. The van der Waals surface area contributed by atoms with Crippen molar-refractivity contribution in [3.8, 4) is 0 Å². The Bertz CT molecular complexity index is 292. The van der Waals surface area contributed by atoms with Gasteiger partial charge in [-0.1, -0.05) is 6.42 Å². The summed E-state index contributed by atoms with van der Waals surface area (Å²) in [4.78, 5) is 13.1. The van der Waals surface area contributed by atoms with Crippen LogP contribution in [0.2, 0.25) is 0 Å². The maximum atomic E-state index is 12.6. The number of rotatable bonds is 7. The van der Waals surface area contributed by atoms with E-state index in [2.05, 4.69) is 5.32 Å². The smallest absolute Gasteiger partial charge is 0.382 e. The largest absolute Gasteiger partial charge is 0.406 e. The van der Waals surface area contributed by atoms with Crippen LogP contribution in [0.1, 0.15) is 32.6 Å². The molecule has 0 radical (unpaired) electrons. The Morgan fingerprint density at radius 1 is 1.40 bits per heavy atom. The number of piperidine rings is 1. The van der Waals surface area contributed by atoms with Gasteiger partial charge < -0.3 is 15.0 Å². The van der Waals surface area contributed by atoms with E-state index >= 15 is 0 Å². The molecular weight excluding hydrogens is 273 g/mol. The van der Waals surface area contributed by atoms with E-state index in [9.17, 15) is 18.0 Å². The van der Waals surface area contributed by atoms with Gasteiger partial charge in [0.05, 0.1) is 6.04 Å². The van der Waals surface area contributed by atoms with Crippen LogP contribution >= 0.6 is 0 Å². The van der Waals surface area contributed by atoms with Gasteiger partial charge in [-0.2, -0.15) is 13.2 Å². The highest BCUT2D eigenvalue weighted by molar-refractivity contribution is 5.82. The van der Waals surface area contributed by atoms with Gasteiger partial charge in [-0.05, 0) is 32.7 Å². The quantitative estimate of drug-likeness (QED) is 0.730. The second kappa shape index (κ2) is 8.46. The summed E-state index contributed by atoms with van der Waals surface area (Å²) in [6.45, 7) is 2.31. The number of alkyl halides is 3. The molecule has 1 saturated heterocycles. The molecule has 1 fully saturated rings. The molecule has 1 aliphatic heterocycles. The Morgan fingerprint density at radius 3 is 2.70 bits per heavy atom. The van der Waals surface area contributed by atoms with Crippen LogP contribution in [0, 0.1) is 0 Å². The number of nitrogens with zero attached hydrogens (tertiary/aromatic N) is 1. The topological polar surface area (TPSA) is 41.6 Å². The molecule has 1 heterocycles. The molecule has 0 aliphatic carbocycles. The Balaban J connectivity index is 2.52. The van der Waals surface area contributed by atoms with Crippen LogP contribution < -0.4 is 5.32 Å². The maximum Gasteiger partial charge on any atom is 0.406 e. The minimum absolute atomic E-state index is 0.0799. The number of hydrogen-bond donors (Lipinski definition) is 1. The summed E-state index contributed by atoms with van der Waals surface area (Å²) in [6.07, 6.45) is -1.49. The van der Waals surface area contributed by atoms with Crippen molar-refractivity contribution in [2.24, 2.45) is 0 Å². The molecule has 4 nitrogen and oxygen atoms in total. The van der Waals surface area contributed by atoms with Crippen LogP contribution in [-0.4, -0.2) is 55.9 Å². The van der Waals surface area contributed by atoms with E-state index in [-0.39, 0.29) is 6.54 Å². The summed E-state index contributed by atoms with van der Waals surface area (Å²) in [6, 6.07) is -0.474. The number of carbonyl (C=O) groups is 1. The molecule has 1 amide bonds. The van der Waals surface area contributed by atoms with Gasteiger partial charge in [0.1, 0.15) is 6.54 Å². The first-order valence-electron chi connectivity index (χ1n) is 7.10. The van der Waals surface area contributed by atoms with Crippen molar-refractivity contribution in [3.05, 3.63) is 0 Å². The molecule has 0 spiro atoms. The minimum atomic E-state index is -4.37. The van der Waals surface area contributed by atoms with E-state index < -0.39 is 24.7 Å². The van der Waals surface area contributed by atoms with Gasteiger partial charge in [0.2, 0.25) is 5.91 Å². The zero-order valence-electron chi connectivity index (χ0n) is 11.8. The monoisotopic (exact) mass is 296 g/mol. The molecule has 0 bridgehead atoms. The predicted octanol–water partition coefficient (Wildman–Crippen LogP) is 1.95. The summed E-state index contributed by atoms with van der Waals surface area (Å²) in [5, 5.41) is 3.00. The Morgan fingerprint density at radius 2 is 2.15 bits per heavy atom. The fourth-order valence-corrected chi connectivity index (χ4v) is 2.27. The Kier molecular flexibility index (Phi) is 7.29. The number of halogens is 3. The van der Waals surface area contributed by atoms with Gasteiger partial charge in [-0.15, -0.1) is 0 Å². The number of ether oxygens (including phenoxy) is 1. The van der Waals surface area contributed by atoms with Crippen molar-refractivity contribution < 1.29 is 22.7 Å². The van der Waals surface area contributed by atoms with Gasteiger partial charge in [0.25, 0.3) is 0 Å². The van der Waals surface area contributed by atoms with Crippen LogP contribution in [-0.2, 0) is 9.53 Å². The lowest BCUT2D eigenvalue weighted by Crippen LogP contribution is -2.51. The third kappa shape index (κ3) is 6.56. The molecular formula is C13H23F3N2O2. The molecule has 1 atom stereocenters. The zero-order valence-corrected chi connectivity index (χ0v) is 11.8. The van der Waals surface area contributed by atoms with Crippen molar-refractivity contribution in [2.75, 3.05) is 32.8 Å². The Hall–Kier alpha value is -0.820. The zero-order chi connectivity index (χ0) is 15.0. The lowest BCUT2D eigenvalue weighted by molar-refractivity contribution is -0.163. The van der Waals surface area contributed by atoms with E-state index in [1.54, 1.807) is 0 Å². The second-order valence-corrected chi connectivity index (χ2v) is 4.93. The van der Waals surface area contributed by atoms with Crippen molar-refractivity contribution in [2.45, 2.75) is 44.8 Å². The molecule has 0 aromatic heterocycles. The highest BCUT2D eigenvalue weighted by Gasteiger charge is 2.35. The summed E-state index contributed by atoms with van der Waals surface area (Å²) in [7, 11) is 0. The van der Waals surface area contributed by atoms with Crippen LogP contribution in [0.15, 0.2) is 0 Å². The van der Waals surface area contributed by atoms with Gasteiger partial charge in [0.15, 0.2) is 0 Å². The molecule has 1 N–H and O–H groups in total. The van der Waals surface area contributed by atoms with Crippen LogP contribution in [0.25, 0.3) is 0 Å². The standard InChI is InChI=1S/C13H23F3N2O2/c1-2-20-9-5-8-18(10-13(14,15)16)12(19)11-6-3-4-7-17-11/h11,17H,2-10H2,1H3. The first-order valence-corrected chi connectivity index (χ1v) is 7.10. The van der Waals surface area contributed by atoms with Crippen molar-refractivity contribution in [1.29, 1.82) is 0 Å². The fraction of sp³-hybridized carbons (Fsp3) is 0.923. The summed E-state index contributed by atoms with van der Waals surface area (Å²) >= 11 is 0. The van der Waals surface area contributed by atoms with Crippen molar-refractivity contribution >= 4 is 5.91 Å². The van der Waals surface area contributed by atoms with E-state index in [1.807, 2.05) is 6.92 Å². The molecule has 0 aromatic rings. The van der Waals surface area contributed by atoms with Gasteiger partial charge in [0, 0.05) is 19.8 Å². The van der Waals surface area contributed by atoms with Gasteiger partial charge in [-0.3, -0.25) is 4.79 Å². The first kappa shape index (κ1) is 17.2. The number of hydrogen-bond acceptors (Lipinski definition) is 3. The molecule has 1 aliphatic rings. The number of carbonyl (C=O) groups excluding carboxylic acids is 1. The number of nitrogens with one attached hydrogen (secondary N) is 1. The molecule has 0 aromatic carbocycles. The van der Waals surface area contributed by atoms with E-state index in [1.165, 1.54) is 0 Å². The fourth-order valence-electron chi connectivity index (χ4n) is 2.27.